The first-order chi connectivity index (χ1) is 15.0. The Kier molecular flexibility index (Phi) is 4.70. The van der Waals surface area contributed by atoms with Gasteiger partial charge in [-0.1, -0.05) is 42.5 Å². The van der Waals surface area contributed by atoms with Crippen molar-refractivity contribution < 1.29 is 14.6 Å². The number of hydrogen-bond acceptors (Lipinski definition) is 4. The van der Waals surface area contributed by atoms with E-state index in [0.29, 0.717) is 18.1 Å². The van der Waals surface area contributed by atoms with Crippen molar-refractivity contribution in [3.63, 3.8) is 0 Å². The van der Waals surface area contributed by atoms with Gasteiger partial charge >= 0.3 is 6.03 Å². The van der Waals surface area contributed by atoms with Crippen LogP contribution in [0.3, 0.4) is 0 Å². The number of rotatable bonds is 4. The zero-order valence-electron chi connectivity index (χ0n) is 17.6. The molecule has 0 aliphatic heterocycles. The van der Waals surface area contributed by atoms with E-state index in [1.807, 2.05) is 55.5 Å². The number of nitrogens with one attached hydrogen (secondary N) is 2. The average molecular weight is 418 g/mol. The molecule has 0 unspecified atom stereocenters. The van der Waals surface area contributed by atoms with Crippen molar-refractivity contribution in [3.8, 4) is 11.6 Å². The number of aliphatic hydroxyl groups is 1. The summed E-state index contributed by atoms with van der Waals surface area (Å²) < 4.78 is 7.02. The summed E-state index contributed by atoms with van der Waals surface area (Å²) in [5.41, 5.74) is 3.86. The summed E-state index contributed by atoms with van der Waals surface area (Å²) in [4.78, 5) is 13.0. The Balaban J connectivity index is 1.42. The smallest absolute Gasteiger partial charge is 0.320 e. The molecule has 7 nitrogen and oxygen atoms in total. The van der Waals surface area contributed by atoms with Crippen LogP contribution in [0.1, 0.15) is 42.0 Å². The van der Waals surface area contributed by atoms with Crippen molar-refractivity contribution in [2.45, 2.75) is 43.7 Å². The van der Waals surface area contributed by atoms with Crippen molar-refractivity contribution >= 4 is 11.8 Å². The highest BCUT2D eigenvalue weighted by molar-refractivity contribution is 5.90. The molecule has 160 valence electrons. The van der Waals surface area contributed by atoms with Crippen LogP contribution in [0, 0.1) is 6.92 Å². The third-order valence-corrected chi connectivity index (χ3v) is 6.50. The van der Waals surface area contributed by atoms with Crippen molar-refractivity contribution in [1.82, 2.24) is 15.1 Å². The first kappa shape index (κ1) is 19.6. The molecule has 5 rings (SSSR count). The molecule has 2 atom stereocenters. The van der Waals surface area contributed by atoms with E-state index >= 15 is 0 Å². The maximum atomic E-state index is 13.0. The van der Waals surface area contributed by atoms with Crippen LogP contribution in [-0.2, 0) is 5.41 Å². The number of methoxy groups -OCH3 is 1. The Labute approximate surface area is 181 Å². The normalized spacial score (nSPS) is 20.7. The molecule has 0 saturated heterocycles. The standard InChI is InChI=1S/C24H26N4O3/c1-15-21(28(27-22(15)31-2)16-8-4-3-5-9-16)26-23(30)25-20-17-10-6-7-11-18(17)24(12-13-24)14-19(20)29/h3-11,19-20,29H,12-14H2,1-2H3,(H2,25,26,30)/t19-,20-/m1/s1. The second kappa shape index (κ2) is 7.42. The predicted octanol–water partition coefficient (Wildman–Crippen LogP) is 3.85. The van der Waals surface area contributed by atoms with Gasteiger partial charge in [-0.2, -0.15) is 0 Å². The molecule has 1 saturated carbocycles. The summed E-state index contributed by atoms with van der Waals surface area (Å²) in [6.07, 6.45) is 2.23. The molecule has 1 spiro atoms. The number of aliphatic hydroxyl groups excluding tert-OH is 1. The van der Waals surface area contributed by atoms with Crippen molar-refractivity contribution in [1.29, 1.82) is 0 Å². The number of para-hydroxylation sites is 1. The first-order valence-electron chi connectivity index (χ1n) is 10.6. The summed E-state index contributed by atoms with van der Waals surface area (Å²) in [5, 5.41) is 21.3. The number of nitrogens with zero attached hydrogens (tertiary/aromatic N) is 2. The van der Waals surface area contributed by atoms with Crippen LogP contribution in [0.15, 0.2) is 54.6 Å². The lowest BCUT2D eigenvalue weighted by atomic mass is 9.76. The zero-order valence-corrected chi connectivity index (χ0v) is 17.6. The second-order valence-corrected chi connectivity index (χ2v) is 8.45. The number of carbonyl (C=O) groups excluding carboxylic acids is 1. The number of anilines is 1. The number of hydrogen-bond donors (Lipinski definition) is 3. The van der Waals surface area contributed by atoms with E-state index in [4.69, 9.17) is 4.74 Å². The van der Waals surface area contributed by atoms with Gasteiger partial charge in [0.2, 0.25) is 5.88 Å². The van der Waals surface area contributed by atoms with Gasteiger partial charge in [0, 0.05) is 0 Å². The molecule has 31 heavy (non-hydrogen) atoms. The maximum absolute atomic E-state index is 13.0. The van der Waals surface area contributed by atoms with Crippen molar-refractivity contribution in [2.75, 3.05) is 12.4 Å². The Hall–Kier alpha value is -3.32. The van der Waals surface area contributed by atoms with Gasteiger partial charge in [0.25, 0.3) is 0 Å². The second-order valence-electron chi connectivity index (χ2n) is 8.45. The van der Waals surface area contributed by atoms with Gasteiger partial charge in [0.15, 0.2) is 0 Å². The number of fused-ring (bicyclic) bond motifs is 2. The van der Waals surface area contributed by atoms with Gasteiger partial charge in [-0.15, -0.1) is 5.10 Å². The van der Waals surface area contributed by atoms with E-state index in [1.54, 1.807) is 11.8 Å². The molecule has 1 aromatic heterocycles. The number of ether oxygens (including phenoxy) is 1. The fourth-order valence-corrected chi connectivity index (χ4v) is 4.74. The number of benzene rings is 2. The molecule has 3 N–H and O–H groups in total. The quantitative estimate of drug-likeness (QED) is 0.601. The molecule has 2 aromatic carbocycles. The lowest BCUT2D eigenvalue weighted by Crippen LogP contribution is -2.44. The maximum Gasteiger partial charge on any atom is 0.320 e. The predicted molar refractivity (Wildman–Crippen MR) is 118 cm³/mol. The third-order valence-electron chi connectivity index (χ3n) is 6.50. The van der Waals surface area contributed by atoms with Crippen molar-refractivity contribution in [2.24, 2.45) is 0 Å². The monoisotopic (exact) mass is 418 g/mol. The molecular weight excluding hydrogens is 392 g/mol. The number of amides is 2. The third kappa shape index (κ3) is 3.35. The molecule has 0 bridgehead atoms. The molecule has 1 heterocycles. The lowest BCUT2D eigenvalue weighted by Gasteiger charge is -2.36. The zero-order chi connectivity index (χ0) is 21.6. The van der Waals surface area contributed by atoms with Crippen LogP contribution in [0.5, 0.6) is 5.88 Å². The van der Waals surface area contributed by atoms with Crippen LogP contribution in [0.25, 0.3) is 5.69 Å². The fraction of sp³-hybridized carbons (Fsp3) is 0.333. The number of aromatic nitrogens is 2. The summed E-state index contributed by atoms with van der Waals surface area (Å²) in [7, 11) is 1.55. The highest BCUT2D eigenvalue weighted by Crippen LogP contribution is 2.57. The highest BCUT2D eigenvalue weighted by atomic mass is 16.5. The van der Waals surface area contributed by atoms with Crippen LogP contribution in [0.2, 0.25) is 0 Å². The lowest BCUT2D eigenvalue weighted by molar-refractivity contribution is 0.100. The van der Waals surface area contributed by atoms with E-state index in [1.165, 1.54) is 5.56 Å². The van der Waals surface area contributed by atoms with Gasteiger partial charge in [0.05, 0.1) is 30.5 Å². The Morgan fingerprint density at radius 1 is 1.16 bits per heavy atom. The molecule has 3 aromatic rings. The van der Waals surface area contributed by atoms with Gasteiger partial charge in [-0.25, -0.2) is 9.48 Å². The molecule has 1 fully saturated rings. The van der Waals surface area contributed by atoms with E-state index in [2.05, 4.69) is 21.8 Å². The molecule has 2 aliphatic carbocycles. The van der Waals surface area contributed by atoms with E-state index in [-0.39, 0.29) is 5.41 Å². The van der Waals surface area contributed by atoms with Gasteiger partial charge in [0.1, 0.15) is 5.82 Å². The number of carbonyl (C=O) groups is 1. The largest absolute Gasteiger partial charge is 0.480 e. The van der Waals surface area contributed by atoms with E-state index in [9.17, 15) is 9.90 Å². The fourth-order valence-electron chi connectivity index (χ4n) is 4.74. The van der Waals surface area contributed by atoms with Crippen LogP contribution < -0.4 is 15.4 Å². The molecule has 7 heteroatoms. The summed E-state index contributed by atoms with van der Waals surface area (Å²) >= 11 is 0. The van der Waals surface area contributed by atoms with E-state index < -0.39 is 18.2 Å². The number of urea groups is 1. The van der Waals surface area contributed by atoms with Gasteiger partial charge in [-0.3, -0.25) is 5.32 Å². The molecule has 2 amide bonds. The highest BCUT2D eigenvalue weighted by Gasteiger charge is 2.52. The minimum Gasteiger partial charge on any atom is -0.480 e. The Bertz CT molecular complexity index is 1120. The van der Waals surface area contributed by atoms with Gasteiger partial charge in [-0.05, 0) is 54.9 Å². The molecule has 0 radical (unpaired) electrons. The summed E-state index contributed by atoms with van der Waals surface area (Å²) in [5.74, 6) is 0.968. The molecule has 2 aliphatic rings. The van der Waals surface area contributed by atoms with Crippen LogP contribution in [-0.4, -0.2) is 34.1 Å². The van der Waals surface area contributed by atoms with Crippen LogP contribution >= 0.6 is 0 Å². The van der Waals surface area contributed by atoms with Crippen molar-refractivity contribution in [3.05, 3.63) is 71.3 Å². The Morgan fingerprint density at radius 2 is 1.87 bits per heavy atom. The minimum atomic E-state index is -0.627. The first-order valence-corrected chi connectivity index (χ1v) is 10.6. The SMILES string of the molecule is COc1nn(-c2ccccc2)c(NC(=O)N[C@@H]2c3ccccc3C3(CC3)C[C@H]2O)c1C. The Morgan fingerprint density at radius 3 is 2.58 bits per heavy atom. The molecular formula is C24H26N4O3. The summed E-state index contributed by atoms with van der Waals surface area (Å²) in [6.45, 7) is 1.85. The van der Waals surface area contributed by atoms with Gasteiger partial charge < -0.3 is 15.2 Å². The minimum absolute atomic E-state index is 0.0839. The van der Waals surface area contributed by atoms with E-state index in [0.717, 1.165) is 29.7 Å². The average Bonchev–Trinajstić information content (AvgIpc) is 3.49. The topological polar surface area (TPSA) is 88.4 Å². The summed E-state index contributed by atoms with van der Waals surface area (Å²) in [6, 6.07) is 16.8. The van der Waals surface area contributed by atoms with Crippen LogP contribution in [0.4, 0.5) is 10.6 Å².